The van der Waals surface area contributed by atoms with E-state index in [0.29, 0.717) is 23.8 Å². The number of nitrogens with one attached hydrogen (secondary N) is 1. The quantitative estimate of drug-likeness (QED) is 0.300. The number of anilines is 1. The van der Waals surface area contributed by atoms with Gasteiger partial charge in [0.2, 0.25) is 10.0 Å². The first-order chi connectivity index (χ1) is 18.2. The second kappa shape index (κ2) is 13.0. The molecule has 1 fully saturated rings. The Balaban J connectivity index is 1.40. The lowest BCUT2D eigenvalue weighted by Gasteiger charge is -2.21. The highest BCUT2D eigenvalue weighted by molar-refractivity contribution is 7.99. The molecule has 1 saturated heterocycles. The van der Waals surface area contributed by atoms with E-state index in [1.165, 1.54) is 34.3 Å². The van der Waals surface area contributed by atoms with Crippen LogP contribution in [0.2, 0.25) is 10.0 Å². The fourth-order valence-electron chi connectivity index (χ4n) is 3.94. The minimum Gasteiger partial charge on any atom is -0.452 e. The Hall–Kier alpha value is -2.56. The van der Waals surface area contributed by atoms with Crippen LogP contribution in [-0.4, -0.2) is 44.3 Å². The van der Waals surface area contributed by atoms with E-state index in [2.05, 4.69) is 5.32 Å². The summed E-state index contributed by atoms with van der Waals surface area (Å²) in [4.78, 5) is 26.9. The lowest BCUT2D eigenvalue weighted by Crippen LogP contribution is -2.32. The topological polar surface area (TPSA) is 92.8 Å². The van der Waals surface area contributed by atoms with E-state index < -0.39 is 28.5 Å². The third kappa shape index (κ3) is 7.30. The minimum absolute atomic E-state index is 0.00529. The molecule has 7 nitrogen and oxygen atoms in total. The maximum Gasteiger partial charge on any atom is 0.338 e. The molecule has 0 saturated carbocycles. The van der Waals surface area contributed by atoms with Gasteiger partial charge in [-0.2, -0.15) is 4.31 Å². The first-order valence-electron chi connectivity index (χ1n) is 12.0. The summed E-state index contributed by atoms with van der Waals surface area (Å²) < 4.78 is 33.0. The average molecular weight is 594 g/mol. The van der Waals surface area contributed by atoms with E-state index in [4.69, 9.17) is 27.9 Å². The van der Waals surface area contributed by atoms with Crippen molar-refractivity contribution in [2.24, 2.45) is 0 Å². The summed E-state index contributed by atoms with van der Waals surface area (Å²) in [6.07, 6.45) is 3.49. The molecule has 1 aliphatic rings. The number of hydrogen-bond donors (Lipinski definition) is 1. The van der Waals surface area contributed by atoms with Gasteiger partial charge in [0.25, 0.3) is 5.91 Å². The van der Waals surface area contributed by atoms with Crippen LogP contribution in [0.4, 0.5) is 5.69 Å². The van der Waals surface area contributed by atoms with Gasteiger partial charge in [-0.15, -0.1) is 0 Å². The first kappa shape index (κ1) is 28.4. The normalized spacial score (nSPS) is 14.5. The number of esters is 1. The minimum atomic E-state index is -3.87. The maximum absolute atomic E-state index is 13.2. The SMILES string of the molecule is O=C(COC(=O)c1ccc(Cl)c(S(=O)(=O)N2CCCCCC2)c1)Nc1ccccc1Sc1ccc(Cl)cc1. The Labute approximate surface area is 236 Å². The van der Waals surface area contributed by atoms with Gasteiger partial charge in [-0.05, 0) is 67.4 Å². The predicted molar refractivity (Wildman–Crippen MR) is 150 cm³/mol. The van der Waals surface area contributed by atoms with Crippen LogP contribution in [0.3, 0.4) is 0 Å². The molecule has 11 heteroatoms. The van der Waals surface area contributed by atoms with Gasteiger partial charge in [-0.25, -0.2) is 13.2 Å². The van der Waals surface area contributed by atoms with Crippen LogP contribution >= 0.6 is 35.0 Å². The summed E-state index contributed by atoms with van der Waals surface area (Å²) in [5, 5.41) is 3.41. The molecule has 1 heterocycles. The lowest BCUT2D eigenvalue weighted by atomic mass is 10.2. The third-order valence-corrected chi connectivity index (χ3v) is 9.60. The number of benzene rings is 3. The Morgan fingerprint density at radius 3 is 2.32 bits per heavy atom. The Bertz CT molecular complexity index is 1410. The highest BCUT2D eigenvalue weighted by atomic mass is 35.5. The molecule has 1 aliphatic heterocycles. The van der Waals surface area contributed by atoms with E-state index >= 15 is 0 Å². The van der Waals surface area contributed by atoms with E-state index in [1.54, 1.807) is 24.3 Å². The summed E-state index contributed by atoms with van der Waals surface area (Å²) in [7, 11) is -3.87. The number of carbonyl (C=O) groups is 2. The van der Waals surface area contributed by atoms with Gasteiger partial charge in [-0.3, -0.25) is 4.79 Å². The highest BCUT2D eigenvalue weighted by Gasteiger charge is 2.28. The molecule has 0 radical (unpaired) electrons. The molecule has 3 aromatic rings. The van der Waals surface area contributed by atoms with Crippen LogP contribution in [0.1, 0.15) is 36.0 Å². The number of para-hydroxylation sites is 1. The number of amides is 1. The standard InChI is InChI=1S/C27H26Cl2N2O5S2/c28-20-10-12-21(13-11-20)37-24-8-4-3-7-23(24)30-26(32)18-36-27(33)19-9-14-22(29)25(17-19)38(34,35)31-15-5-1-2-6-16-31/h3-4,7-14,17H,1-2,5-6,15-16,18H2,(H,30,32). The first-order valence-corrected chi connectivity index (χ1v) is 15.0. The van der Waals surface area contributed by atoms with Gasteiger partial charge in [0, 0.05) is 27.9 Å². The Morgan fingerprint density at radius 2 is 1.61 bits per heavy atom. The number of nitrogens with zero attached hydrogens (tertiary/aromatic N) is 1. The Morgan fingerprint density at radius 1 is 0.921 bits per heavy atom. The molecule has 0 unspecified atom stereocenters. The molecular formula is C27H26Cl2N2O5S2. The van der Waals surface area contributed by atoms with E-state index in [1.807, 2.05) is 24.3 Å². The number of halogens is 2. The van der Waals surface area contributed by atoms with E-state index in [0.717, 1.165) is 35.5 Å². The molecule has 1 amide bonds. The van der Waals surface area contributed by atoms with E-state index in [9.17, 15) is 18.0 Å². The smallest absolute Gasteiger partial charge is 0.338 e. The summed E-state index contributed by atoms with van der Waals surface area (Å²) in [5.74, 6) is -1.36. The number of hydrogen-bond acceptors (Lipinski definition) is 6. The second-order valence-electron chi connectivity index (χ2n) is 8.64. The van der Waals surface area contributed by atoms with Crippen molar-refractivity contribution in [3.05, 3.63) is 82.3 Å². The second-order valence-corrected chi connectivity index (χ2v) is 12.5. The fraction of sp³-hybridized carbons (Fsp3) is 0.259. The number of rotatable bonds is 8. The molecule has 38 heavy (non-hydrogen) atoms. The zero-order valence-electron chi connectivity index (χ0n) is 20.4. The van der Waals surface area contributed by atoms with Crippen molar-refractivity contribution in [1.29, 1.82) is 0 Å². The molecule has 1 N–H and O–H groups in total. The largest absolute Gasteiger partial charge is 0.452 e. The monoisotopic (exact) mass is 592 g/mol. The van der Waals surface area contributed by atoms with Crippen LogP contribution in [-0.2, 0) is 19.6 Å². The zero-order chi connectivity index (χ0) is 27.1. The average Bonchev–Trinajstić information content (AvgIpc) is 3.20. The molecular weight excluding hydrogens is 567 g/mol. The van der Waals surface area contributed by atoms with Gasteiger partial charge in [0.15, 0.2) is 6.61 Å². The fourth-order valence-corrected chi connectivity index (χ4v) is 6.98. The summed E-state index contributed by atoms with van der Waals surface area (Å²) in [6.45, 7) is 0.270. The number of carbonyl (C=O) groups excluding carboxylic acids is 2. The summed E-state index contributed by atoms with van der Waals surface area (Å²) >= 11 is 13.6. The van der Waals surface area contributed by atoms with Crippen molar-refractivity contribution in [3.63, 3.8) is 0 Å². The van der Waals surface area contributed by atoms with Crippen molar-refractivity contribution in [2.45, 2.75) is 40.4 Å². The molecule has 0 bridgehead atoms. The van der Waals surface area contributed by atoms with Crippen LogP contribution in [0.25, 0.3) is 0 Å². The van der Waals surface area contributed by atoms with Crippen molar-refractivity contribution >= 4 is 62.6 Å². The summed E-state index contributed by atoms with van der Waals surface area (Å²) in [5.41, 5.74) is 0.556. The molecule has 3 aromatic carbocycles. The number of sulfonamides is 1. The van der Waals surface area contributed by atoms with Gasteiger partial charge < -0.3 is 10.1 Å². The molecule has 0 aliphatic carbocycles. The highest BCUT2D eigenvalue weighted by Crippen LogP contribution is 2.34. The lowest BCUT2D eigenvalue weighted by molar-refractivity contribution is -0.119. The van der Waals surface area contributed by atoms with Crippen LogP contribution in [0, 0.1) is 0 Å². The molecule has 0 atom stereocenters. The van der Waals surface area contributed by atoms with Crippen LogP contribution in [0.15, 0.2) is 81.4 Å². The van der Waals surface area contributed by atoms with Crippen LogP contribution < -0.4 is 5.32 Å². The Kier molecular flexibility index (Phi) is 9.73. The number of ether oxygens (including phenoxy) is 1. The molecule has 4 rings (SSSR count). The zero-order valence-corrected chi connectivity index (χ0v) is 23.5. The third-order valence-electron chi connectivity index (χ3n) is 5.89. The summed E-state index contributed by atoms with van der Waals surface area (Å²) in [6, 6.07) is 18.5. The van der Waals surface area contributed by atoms with Crippen molar-refractivity contribution in [2.75, 3.05) is 25.0 Å². The van der Waals surface area contributed by atoms with Gasteiger partial charge in [0.1, 0.15) is 4.90 Å². The molecule has 0 spiro atoms. The van der Waals surface area contributed by atoms with Gasteiger partial charge in [-0.1, -0.05) is 59.9 Å². The molecule has 200 valence electrons. The van der Waals surface area contributed by atoms with E-state index in [-0.39, 0.29) is 15.5 Å². The van der Waals surface area contributed by atoms with Crippen LogP contribution in [0.5, 0.6) is 0 Å². The van der Waals surface area contributed by atoms with Gasteiger partial charge in [0.05, 0.1) is 16.3 Å². The molecule has 0 aromatic heterocycles. The van der Waals surface area contributed by atoms with Crippen molar-refractivity contribution in [1.82, 2.24) is 4.31 Å². The van der Waals surface area contributed by atoms with Gasteiger partial charge >= 0.3 is 5.97 Å². The van der Waals surface area contributed by atoms with Crippen molar-refractivity contribution in [3.8, 4) is 0 Å². The predicted octanol–water partition coefficient (Wildman–Crippen LogP) is 6.50. The van der Waals surface area contributed by atoms with Crippen molar-refractivity contribution < 1.29 is 22.7 Å². The maximum atomic E-state index is 13.2.